The van der Waals surface area contributed by atoms with Crippen molar-refractivity contribution in [3.63, 3.8) is 0 Å². The third-order valence-corrected chi connectivity index (χ3v) is 7.68. The van der Waals surface area contributed by atoms with Crippen molar-refractivity contribution in [1.29, 1.82) is 0 Å². The molecule has 0 unspecified atom stereocenters. The molecule has 34 heavy (non-hydrogen) atoms. The first-order chi connectivity index (χ1) is 16.4. The lowest BCUT2D eigenvalue weighted by atomic mass is 10.1. The van der Waals surface area contributed by atoms with E-state index in [-0.39, 0.29) is 16.2 Å². The average Bonchev–Trinajstić information content (AvgIpc) is 3.40. The highest BCUT2D eigenvalue weighted by atomic mass is 32.2. The normalized spacial score (nSPS) is 14.0. The fourth-order valence-corrected chi connectivity index (χ4v) is 6.12. The van der Waals surface area contributed by atoms with Crippen LogP contribution in [0.25, 0.3) is 27.8 Å². The van der Waals surface area contributed by atoms with E-state index in [0.29, 0.717) is 23.5 Å². The van der Waals surface area contributed by atoms with Gasteiger partial charge in [-0.05, 0) is 23.8 Å². The summed E-state index contributed by atoms with van der Waals surface area (Å²) in [5.74, 6) is -1.68. The van der Waals surface area contributed by atoms with Crippen LogP contribution in [0.5, 0.6) is 0 Å². The van der Waals surface area contributed by atoms with Gasteiger partial charge in [0.25, 0.3) is 0 Å². The SMILES string of the molecule is O=C(O)c1nn(-c2cccc3nn(Cc4ccccc4)cc23)c2c1CS(=O)(=O)c1ccccc1-2. The van der Waals surface area contributed by atoms with Crippen LogP contribution in [0.15, 0.2) is 83.9 Å². The number of aromatic carboxylic acids is 1. The monoisotopic (exact) mass is 470 g/mol. The molecule has 8 nitrogen and oxygen atoms in total. The first-order valence-electron chi connectivity index (χ1n) is 10.6. The van der Waals surface area contributed by atoms with Gasteiger partial charge in [-0.15, -0.1) is 0 Å². The Morgan fingerprint density at radius 1 is 0.941 bits per heavy atom. The van der Waals surface area contributed by atoms with Crippen molar-refractivity contribution in [2.75, 3.05) is 0 Å². The first kappa shape index (κ1) is 20.4. The van der Waals surface area contributed by atoms with Gasteiger partial charge in [-0.25, -0.2) is 17.9 Å². The van der Waals surface area contributed by atoms with Crippen molar-refractivity contribution in [2.45, 2.75) is 17.2 Å². The third kappa shape index (κ3) is 3.12. The Morgan fingerprint density at radius 2 is 1.71 bits per heavy atom. The molecule has 0 atom stereocenters. The van der Waals surface area contributed by atoms with Crippen LogP contribution in [0.4, 0.5) is 0 Å². The predicted octanol–water partition coefficient (Wildman–Crippen LogP) is 3.92. The molecule has 168 valence electrons. The third-order valence-electron chi connectivity index (χ3n) is 5.99. The summed E-state index contributed by atoms with van der Waals surface area (Å²) in [6.45, 7) is 0.577. The van der Waals surface area contributed by atoms with Crippen LogP contribution >= 0.6 is 0 Å². The molecule has 1 aliphatic rings. The van der Waals surface area contributed by atoms with E-state index in [9.17, 15) is 18.3 Å². The van der Waals surface area contributed by atoms with Crippen LogP contribution in [0.1, 0.15) is 21.6 Å². The van der Waals surface area contributed by atoms with Crippen molar-refractivity contribution >= 4 is 26.7 Å². The number of hydrogen-bond donors (Lipinski definition) is 1. The van der Waals surface area contributed by atoms with Crippen LogP contribution in [0, 0.1) is 0 Å². The molecule has 1 N–H and O–H groups in total. The van der Waals surface area contributed by atoms with Crippen LogP contribution in [0.2, 0.25) is 0 Å². The lowest BCUT2D eigenvalue weighted by Gasteiger charge is -2.19. The Labute approximate surface area is 194 Å². The van der Waals surface area contributed by atoms with E-state index >= 15 is 0 Å². The molecule has 1 aliphatic heterocycles. The highest BCUT2D eigenvalue weighted by molar-refractivity contribution is 7.90. The fraction of sp³-hybridized carbons (Fsp3) is 0.0800. The molecule has 0 amide bonds. The number of aromatic nitrogens is 4. The van der Waals surface area contributed by atoms with E-state index in [1.54, 1.807) is 28.9 Å². The summed E-state index contributed by atoms with van der Waals surface area (Å²) in [6, 6.07) is 22.1. The zero-order valence-electron chi connectivity index (χ0n) is 17.8. The van der Waals surface area contributed by atoms with E-state index in [1.165, 1.54) is 0 Å². The number of benzene rings is 3. The number of sulfone groups is 1. The van der Waals surface area contributed by atoms with Gasteiger partial charge in [-0.2, -0.15) is 10.2 Å². The van der Waals surface area contributed by atoms with E-state index in [0.717, 1.165) is 16.5 Å². The molecule has 0 spiro atoms. The molecule has 3 aromatic carbocycles. The molecule has 9 heteroatoms. The maximum atomic E-state index is 12.9. The van der Waals surface area contributed by atoms with E-state index in [1.807, 2.05) is 59.4 Å². The van der Waals surface area contributed by atoms with Gasteiger partial charge in [0.05, 0.1) is 34.1 Å². The van der Waals surface area contributed by atoms with Gasteiger partial charge in [0.15, 0.2) is 15.5 Å². The Hall–Kier alpha value is -4.24. The number of hydrogen-bond acceptors (Lipinski definition) is 5. The summed E-state index contributed by atoms with van der Waals surface area (Å²) in [5.41, 5.74) is 3.31. The van der Waals surface area contributed by atoms with Crippen molar-refractivity contribution in [2.24, 2.45) is 0 Å². The molecular formula is C25H18N4O4S. The second kappa shape index (κ2) is 7.39. The lowest BCUT2D eigenvalue weighted by molar-refractivity contribution is 0.0689. The quantitative estimate of drug-likeness (QED) is 0.427. The molecule has 0 aliphatic carbocycles. The molecule has 0 saturated carbocycles. The molecule has 0 fully saturated rings. The molecule has 5 aromatic rings. The number of nitrogens with zero attached hydrogens (tertiary/aromatic N) is 4. The Kier molecular flexibility index (Phi) is 4.43. The maximum Gasteiger partial charge on any atom is 0.356 e. The van der Waals surface area contributed by atoms with Crippen LogP contribution in [0.3, 0.4) is 0 Å². The highest BCUT2D eigenvalue weighted by Crippen LogP contribution is 2.41. The zero-order chi connectivity index (χ0) is 23.4. The summed E-state index contributed by atoms with van der Waals surface area (Å²) in [7, 11) is -3.69. The van der Waals surface area contributed by atoms with Gasteiger partial charge in [0, 0.05) is 22.7 Å². The highest BCUT2D eigenvalue weighted by Gasteiger charge is 2.36. The lowest BCUT2D eigenvalue weighted by Crippen LogP contribution is -2.15. The maximum absolute atomic E-state index is 12.9. The Balaban J connectivity index is 1.58. The van der Waals surface area contributed by atoms with E-state index in [2.05, 4.69) is 10.2 Å². The van der Waals surface area contributed by atoms with E-state index in [4.69, 9.17) is 0 Å². The second-order valence-electron chi connectivity index (χ2n) is 8.17. The Morgan fingerprint density at radius 3 is 2.50 bits per heavy atom. The smallest absolute Gasteiger partial charge is 0.356 e. The number of rotatable bonds is 4. The topological polar surface area (TPSA) is 107 Å². The van der Waals surface area contributed by atoms with Crippen LogP contribution in [-0.4, -0.2) is 39.1 Å². The van der Waals surface area contributed by atoms with Crippen molar-refractivity contribution in [1.82, 2.24) is 19.6 Å². The van der Waals surface area contributed by atoms with Crippen LogP contribution in [-0.2, 0) is 22.1 Å². The number of carboxylic acid groups (broad SMARTS) is 1. The largest absolute Gasteiger partial charge is 0.476 e. The summed E-state index contributed by atoms with van der Waals surface area (Å²) in [6.07, 6.45) is 1.90. The number of carbonyl (C=O) groups is 1. The van der Waals surface area contributed by atoms with Gasteiger partial charge in [0.2, 0.25) is 0 Å². The zero-order valence-corrected chi connectivity index (χ0v) is 18.6. The minimum Gasteiger partial charge on any atom is -0.476 e. The fourth-order valence-electron chi connectivity index (χ4n) is 4.52. The van der Waals surface area contributed by atoms with Crippen LogP contribution < -0.4 is 0 Å². The van der Waals surface area contributed by atoms with Crippen molar-refractivity contribution in [3.8, 4) is 16.9 Å². The number of fused-ring (bicyclic) bond motifs is 4. The summed E-state index contributed by atoms with van der Waals surface area (Å²) < 4.78 is 29.2. The molecular weight excluding hydrogens is 452 g/mol. The minimum atomic E-state index is -3.69. The van der Waals surface area contributed by atoms with E-state index < -0.39 is 21.6 Å². The molecule has 0 radical (unpaired) electrons. The Bertz CT molecular complexity index is 1700. The average molecular weight is 471 g/mol. The van der Waals surface area contributed by atoms with Gasteiger partial charge < -0.3 is 5.11 Å². The minimum absolute atomic E-state index is 0.174. The van der Waals surface area contributed by atoms with Gasteiger partial charge in [-0.1, -0.05) is 54.6 Å². The molecule has 2 aromatic heterocycles. The van der Waals surface area contributed by atoms with Gasteiger partial charge in [-0.3, -0.25) is 4.68 Å². The summed E-state index contributed by atoms with van der Waals surface area (Å²) in [4.78, 5) is 12.2. The predicted molar refractivity (Wildman–Crippen MR) is 126 cm³/mol. The molecule has 0 bridgehead atoms. The van der Waals surface area contributed by atoms with Gasteiger partial charge in [0.1, 0.15) is 0 Å². The standard InChI is InChI=1S/C25H18N4O4S/c30-25(31)23-19-15-34(32,33)22-12-5-4-9-17(22)24(19)29(27-23)21-11-6-10-20-18(21)14-28(26-20)13-16-7-2-1-3-8-16/h1-12,14H,13,15H2,(H,30,31). The van der Waals surface area contributed by atoms with Crippen molar-refractivity contribution in [3.05, 3.63) is 95.8 Å². The number of carboxylic acids is 1. The second-order valence-corrected chi connectivity index (χ2v) is 10.1. The molecule has 6 rings (SSSR count). The molecule has 0 saturated heterocycles. The molecule has 3 heterocycles. The first-order valence-corrected chi connectivity index (χ1v) is 12.3. The summed E-state index contributed by atoms with van der Waals surface area (Å²) in [5, 5.41) is 19.7. The van der Waals surface area contributed by atoms with Crippen molar-refractivity contribution < 1.29 is 18.3 Å². The summed E-state index contributed by atoms with van der Waals surface area (Å²) >= 11 is 0. The van der Waals surface area contributed by atoms with Gasteiger partial charge >= 0.3 is 5.97 Å².